The summed E-state index contributed by atoms with van der Waals surface area (Å²) in [6.45, 7) is 6.19. The number of benzene rings is 2. The Morgan fingerprint density at radius 3 is 2.35 bits per heavy atom. The van der Waals surface area contributed by atoms with E-state index < -0.39 is 5.54 Å². The van der Waals surface area contributed by atoms with Gasteiger partial charge in [-0.1, -0.05) is 43.3 Å². The Morgan fingerprint density at radius 2 is 1.75 bits per heavy atom. The van der Waals surface area contributed by atoms with E-state index in [1.54, 1.807) is 12.1 Å². The van der Waals surface area contributed by atoms with Crippen molar-refractivity contribution in [2.24, 2.45) is 5.73 Å². The maximum Gasteiger partial charge on any atom is 0.128 e. The summed E-state index contributed by atoms with van der Waals surface area (Å²) >= 11 is 0. The SMILES string of the molecule is CCC(N)(Cc1ccc(C)c(C)c1)c1ccccc1F. The molecular formula is C18H22FN. The molecule has 2 rings (SSSR count). The Labute approximate surface area is 120 Å². The lowest BCUT2D eigenvalue weighted by Crippen LogP contribution is -2.39. The second kappa shape index (κ2) is 5.76. The fourth-order valence-electron chi connectivity index (χ4n) is 2.55. The Hall–Kier alpha value is -1.67. The van der Waals surface area contributed by atoms with E-state index in [1.807, 2.05) is 13.0 Å². The third-order valence-corrected chi connectivity index (χ3v) is 4.13. The van der Waals surface area contributed by atoms with Crippen LogP contribution in [0, 0.1) is 19.7 Å². The van der Waals surface area contributed by atoms with Crippen LogP contribution in [0.2, 0.25) is 0 Å². The van der Waals surface area contributed by atoms with E-state index in [1.165, 1.54) is 17.2 Å². The van der Waals surface area contributed by atoms with Crippen molar-refractivity contribution in [3.05, 3.63) is 70.5 Å². The van der Waals surface area contributed by atoms with Gasteiger partial charge in [0.1, 0.15) is 5.82 Å². The lowest BCUT2D eigenvalue weighted by Gasteiger charge is -2.29. The van der Waals surface area contributed by atoms with Gasteiger partial charge < -0.3 is 5.73 Å². The van der Waals surface area contributed by atoms with Crippen molar-refractivity contribution in [2.75, 3.05) is 0 Å². The van der Waals surface area contributed by atoms with Crippen molar-refractivity contribution in [2.45, 2.75) is 39.2 Å². The molecule has 1 atom stereocenters. The molecule has 20 heavy (non-hydrogen) atoms. The fraction of sp³-hybridized carbons (Fsp3) is 0.333. The Kier molecular flexibility index (Phi) is 4.24. The molecule has 1 nitrogen and oxygen atoms in total. The summed E-state index contributed by atoms with van der Waals surface area (Å²) in [5.41, 5.74) is 10.1. The minimum Gasteiger partial charge on any atom is -0.321 e. The molecule has 0 radical (unpaired) electrons. The van der Waals surface area contributed by atoms with Crippen molar-refractivity contribution in [1.82, 2.24) is 0 Å². The molecule has 0 aliphatic rings. The highest BCUT2D eigenvalue weighted by Crippen LogP contribution is 2.29. The van der Waals surface area contributed by atoms with Crippen LogP contribution in [0.4, 0.5) is 4.39 Å². The predicted molar refractivity (Wildman–Crippen MR) is 82.2 cm³/mol. The molecule has 0 aliphatic carbocycles. The Bertz CT molecular complexity index is 606. The second-order valence-electron chi connectivity index (χ2n) is 5.58. The zero-order valence-electron chi connectivity index (χ0n) is 12.4. The first kappa shape index (κ1) is 14.7. The quantitative estimate of drug-likeness (QED) is 0.884. The average Bonchev–Trinajstić information content (AvgIpc) is 2.43. The summed E-state index contributed by atoms with van der Waals surface area (Å²) in [5, 5.41) is 0. The van der Waals surface area contributed by atoms with Crippen LogP contribution in [0.3, 0.4) is 0 Å². The predicted octanol–water partition coefficient (Wildman–Crippen LogP) is 4.25. The number of aryl methyl sites for hydroxylation is 2. The fourth-order valence-corrected chi connectivity index (χ4v) is 2.55. The molecule has 2 N–H and O–H groups in total. The maximum absolute atomic E-state index is 14.0. The standard InChI is InChI=1S/C18H22FN/c1-4-18(20,16-7-5-6-8-17(16)19)12-15-10-9-13(2)14(3)11-15/h5-11H,4,12,20H2,1-3H3. The molecule has 0 amide bonds. The first-order chi connectivity index (χ1) is 9.46. The number of halogens is 1. The van der Waals surface area contributed by atoms with Gasteiger partial charge in [0, 0.05) is 11.1 Å². The average molecular weight is 271 g/mol. The molecule has 106 valence electrons. The van der Waals surface area contributed by atoms with Crippen LogP contribution in [0.25, 0.3) is 0 Å². The topological polar surface area (TPSA) is 26.0 Å². The zero-order chi connectivity index (χ0) is 14.8. The smallest absolute Gasteiger partial charge is 0.128 e. The molecule has 0 saturated heterocycles. The maximum atomic E-state index is 14.0. The molecule has 0 bridgehead atoms. The van der Waals surface area contributed by atoms with E-state index in [0.29, 0.717) is 18.4 Å². The summed E-state index contributed by atoms with van der Waals surface area (Å²) in [4.78, 5) is 0. The number of hydrogen-bond donors (Lipinski definition) is 1. The highest BCUT2D eigenvalue weighted by Gasteiger charge is 2.28. The molecule has 0 aromatic heterocycles. The molecule has 2 aromatic rings. The van der Waals surface area contributed by atoms with Crippen LogP contribution in [0.5, 0.6) is 0 Å². The van der Waals surface area contributed by atoms with Gasteiger partial charge in [-0.2, -0.15) is 0 Å². The van der Waals surface area contributed by atoms with Crippen LogP contribution in [0.15, 0.2) is 42.5 Å². The third kappa shape index (κ3) is 2.91. The normalized spacial score (nSPS) is 14.1. The second-order valence-corrected chi connectivity index (χ2v) is 5.58. The van der Waals surface area contributed by atoms with Gasteiger partial charge in [0.2, 0.25) is 0 Å². The molecular weight excluding hydrogens is 249 g/mol. The van der Waals surface area contributed by atoms with Crippen molar-refractivity contribution >= 4 is 0 Å². The van der Waals surface area contributed by atoms with Crippen LogP contribution in [-0.4, -0.2) is 0 Å². The van der Waals surface area contributed by atoms with Gasteiger partial charge in [-0.25, -0.2) is 4.39 Å². The highest BCUT2D eigenvalue weighted by molar-refractivity contribution is 5.34. The van der Waals surface area contributed by atoms with Crippen LogP contribution in [0.1, 0.15) is 35.6 Å². The summed E-state index contributed by atoms with van der Waals surface area (Å²) in [6.07, 6.45) is 1.34. The molecule has 0 saturated carbocycles. The summed E-state index contributed by atoms with van der Waals surface area (Å²) in [5.74, 6) is -0.222. The largest absolute Gasteiger partial charge is 0.321 e. The lowest BCUT2D eigenvalue weighted by atomic mass is 9.82. The monoisotopic (exact) mass is 271 g/mol. The van der Waals surface area contributed by atoms with Gasteiger partial charge in [0.05, 0.1) is 0 Å². The number of rotatable bonds is 4. The van der Waals surface area contributed by atoms with E-state index in [4.69, 9.17) is 5.73 Å². The lowest BCUT2D eigenvalue weighted by molar-refractivity contribution is 0.402. The van der Waals surface area contributed by atoms with Crippen molar-refractivity contribution in [1.29, 1.82) is 0 Å². The molecule has 1 unspecified atom stereocenters. The number of hydrogen-bond acceptors (Lipinski definition) is 1. The van der Waals surface area contributed by atoms with Crippen molar-refractivity contribution in [3.63, 3.8) is 0 Å². The minimum absolute atomic E-state index is 0.222. The Morgan fingerprint density at radius 1 is 1.05 bits per heavy atom. The summed E-state index contributed by atoms with van der Waals surface area (Å²) in [7, 11) is 0. The van der Waals surface area contributed by atoms with E-state index in [2.05, 4.69) is 32.0 Å². The molecule has 0 spiro atoms. The highest BCUT2D eigenvalue weighted by atomic mass is 19.1. The first-order valence-corrected chi connectivity index (χ1v) is 7.06. The molecule has 2 aromatic carbocycles. The van der Waals surface area contributed by atoms with E-state index in [9.17, 15) is 4.39 Å². The minimum atomic E-state index is -0.660. The van der Waals surface area contributed by atoms with Gasteiger partial charge in [-0.3, -0.25) is 0 Å². The van der Waals surface area contributed by atoms with E-state index in [0.717, 1.165) is 5.56 Å². The molecule has 0 heterocycles. The molecule has 0 fully saturated rings. The van der Waals surface area contributed by atoms with Gasteiger partial charge >= 0.3 is 0 Å². The van der Waals surface area contributed by atoms with Crippen LogP contribution >= 0.6 is 0 Å². The summed E-state index contributed by atoms with van der Waals surface area (Å²) in [6, 6.07) is 13.1. The molecule has 0 aliphatic heterocycles. The molecule has 2 heteroatoms. The van der Waals surface area contributed by atoms with E-state index >= 15 is 0 Å². The number of nitrogens with two attached hydrogens (primary N) is 1. The van der Waals surface area contributed by atoms with Gasteiger partial charge in [-0.15, -0.1) is 0 Å². The first-order valence-electron chi connectivity index (χ1n) is 7.06. The van der Waals surface area contributed by atoms with Gasteiger partial charge in [0.15, 0.2) is 0 Å². The van der Waals surface area contributed by atoms with Crippen molar-refractivity contribution < 1.29 is 4.39 Å². The summed E-state index contributed by atoms with van der Waals surface area (Å²) < 4.78 is 14.0. The van der Waals surface area contributed by atoms with E-state index in [-0.39, 0.29) is 5.82 Å². The van der Waals surface area contributed by atoms with Gasteiger partial charge in [0.25, 0.3) is 0 Å². The Balaban J connectivity index is 2.36. The third-order valence-electron chi connectivity index (χ3n) is 4.13. The van der Waals surface area contributed by atoms with Gasteiger partial charge in [-0.05, 0) is 49.4 Å². The zero-order valence-corrected chi connectivity index (χ0v) is 12.4. The van der Waals surface area contributed by atoms with Crippen LogP contribution in [-0.2, 0) is 12.0 Å². The van der Waals surface area contributed by atoms with Crippen molar-refractivity contribution in [3.8, 4) is 0 Å². The van der Waals surface area contributed by atoms with Crippen LogP contribution < -0.4 is 5.73 Å².